The number of nitrogens with two attached hydrogens (primary N) is 1. The summed E-state index contributed by atoms with van der Waals surface area (Å²) in [6.45, 7) is 0.527. The molecule has 4 atom stereocenters. The number of carbonyl (C=O) groups is 1. The predicted octanol–water partition coefficient (Wildman–Crippen LogP) is -1.29. The fraction of sp³-hybridized carbons (Fsp3) is 0.500. The van der Waals surface area contributed by atoms with Crippen LogP contribution in [0.4, 0.5) is 5.82 Å². The molecule has 0 aliphatic carbocycles. The third-order valence-electron chi connectivity index (χ3n) is 3.68. The Morgan fingerprint density at radius 3 is 2.81 bits per heavy atom. The lowest BCUT2D eigenvalue weighted by molar-refractivity contribution is -0.155. The fourth-order valence-electron chi connectivity index (χ4n) is 2.63. The minimum Gasteiger partial charge on any atom is -0.455 e. The molecule has 2 aromatic heterocycles. The Balaban J connectivity index is 1.93. The highest BCUT2D eigenvalue weighted by Crippen LogP contribution is 2.39. The molecule has 142 valence electrons. The van der Waals surface area contributed by atoms with Crippen LogP contribution in [0, 0.1) is 0 Å². The van der Waals surface area contributed by atoms with Gasteiger partial charge in [-0.3, -0.25) is 13.9 Å². The quantitative estimate of drug-likeness (QED) is 0.350. The summed E-state index contributed by atoms with van der Waals surface area (Å²) in [5.74, 6) is -0.560. The van der Waals surface area contributed by atoms with Gasteiger partial charge in [0, 0.05) is 6.92 Å². The highest BCUT2D eigenvalue weighted by atomic mass is 31.2. The molecule has 0 spiro atoms. The average Bonchev–Trinajstić information content (AvgIpc) is 3.08. The molecular weight excluding hydrogens is 373 g/mol. The molecule has 5 N–H and O–H groups in total. The summed E-state index contributed by atoms with van der Waals surface area (Å²) in [7, 11) is -4.77. The monoisotopic (exact) mass is 389 g/mol. The molecule has 0 aromatic carbocycles. The first-order valence-corrected chi connectivity index (χ1v) is 8.84. The van der Waals surface area contributed by atoms with Crippen molar-refractivity contribution in [1.29, 1.82) is 0 Å². The molecule has 1 aliphatic rings. The average molecular weight is 389 g/mol. The SMILES string of the molecule is CC(=O)O[C@@H]1[C@H](O)[C@@H](COP(=O)(O)O)O[C@H]1n1cnc2c(N)ncnc21. The van der Waals surface area contributed by atoms with E-state index in [0.29, 0.717) is 0 Å². The van der Waals surface area contributed by atoms with E-state index in [-0.39, 0.29) is 17.0 Å². The van der Waals surface area contributed by atoms with Crippen molar-refractivity contribution in [1.82, 2.24) is 19.5 Å². The fourth-order valence-corrected chi connectivity index (χ4v) is 2.97. The van der Waals surface area contributed by atoms with Crippen molar-refractivity contribution < 1.29 is 38.3 Å². The highest BCUT2D eigenvalue weighted by Gasteiger charge is 2.48. The van der Waals surface area contributed by atoms with Gasteiger partial charge in [-0.25, -0.2) is 19.5 Å². The van der Waals surface area contributed by atoms with E-state index in [1.807, 2.05) is 0 Å². The molecule has 1 saturated heterocycles. The number of phosphoric ester groups is 1. The van der Waals surface area contributed by atoms with Gasteiger partial charge < -0.3 is 30.1 Å². The normalized spacial score (nSPS) is 26.3. The summed E-state index contributed by atoms with van der Waals surface area (Å²) in [5.41, 5.74) is 6.27. The van der Waals surface area contributed by atoms with Gasteiger partial charge in [0.15, 0.2) is 23.8 Å². The van der Waals surface area contributed by atoms with Gasteiger partial charge in [-0.2, -0.15) is 0 Å². The molecule has 14 heteroatoms. The molecule has 0 unspecified atom stereocenters. The largest absolute Gasteiger partial charge is 0.469 e. The highest BCUT2D eigenvalue weighted by molar-refractivity contribution is 7.46. The van der Waals surface area contributed by atoms with Gasteiger partial charge in [0.1, 0.15) is 24.1 Å². The standard InChI is InChI=1S/C12H16N5O8P/c1-5(18)24-9-8(19)6(2-23-26(20,21)22)25-12(9)17-4-16-7-10(13)14-3-15-11(7)17/h3-4,6,8-9,12,19H,2H2,1H3,(H2,13,14,15)(H2,20,21,22)/t6-,8-,9-,12-/m1/s1. The van der Waals surface area contributed by atoms with Crippen molar-refractivity contribution in [2.75, 3.05) is 12.3 Å². The Kier molecular flexibility index (Phi) is 4.92. The van der Waals surface area contributed by atoms with Gasteiger partial charge in [-0.1, -0.05) is 0 Å². The zero-order valence-electron chi connectivity index (χ0n) is 13.4. The van der Waals surface area contributed by atoms with E-state index in [1.54, 1.807) is 0 Å². The molecule has 13 nitrogen and oxygen atoms in total. The Morgan fingerprint density at radius 2 is 2.15 bits per heavy atom. The maximum Gasteiger partial charge on any atom is 0.469 e. The van der Waals surface area contributed by atoms with Gasteiger partial charge in [-0.15, -0.1) is 0 Å². The Morgan fingerprint density at radius 1 is 1.42 bits per heavy atom. The van der Waals surface area contributed by atoms with Crippen LogP contribution in [0.2, 0.25) is 0 Å². The summed E-state index contributed by atoms with van der Waals surface area (Å²) in [4.78, 5) is 40.9. The van der Waals surface area contributed by atoms with Crippen molar-refractivity contribution in [3.63, 3.8) is 0 Å². The van der Waals surface area contributed by atoms with Gasteiger partial charge in [0.05, 0.1) is 12.9 Å². The van der Waals surface area contributed by atoms with Crippen LogP contribution in [0.15, 0.2) is 12.7 Å². The van der Waals surface area contributed by atoms with E-state index in [2.05, 4.69) is 19.5 Å². The minimum absolute atomic E-state index is 0.123. The van der Waals surface area contributed by atoms with Gasteiger partial charge in [-0.05, 0) is 0 Å². The second kappa shape index (κ2) is 6.87. The topological polar surface area (TPSA) is 192 Å². The second-order valence-corrected chi connectivity index (χ2v) is 6.74. The maximum absolute atomic E-state index is 11.4. The molecule has 1 fully saturated rings. The van der Waals surface area contributed by atoms with Gasteiger partial charge in [0.2, 0.25) is 0 Å². The van der Waals surface area contributed by atoms with Crippen LogP contribution in [-0.4, -0.2) is 65.3 Å². The zero-order valence-corrected chi connectivity index (χ0v) is 14.3. The van der Waals surface area contributed by atoms with Gasteiger partial charge >= 0.3 is 13.8 Å². The number of aliphatic hydroxyl groups excluding tert-OH is 1. The summed E-state index contributed by atoms with van der Waals surface area (Å²) < 4.78 is 27.4. The first-order valence-electron chi connectivity index (χ1n) is 7.31. The molecule has 0 bridgehead atoms. The number of aliphatic hydroxyl groups is 1. The molecular formula is C12H16N5O8P. The number of fused-ring (bicyclic) bond motifs is 1. The van der Waals surface area contributed by atoms with Crippen LogP contribution in [-0.2, 0) is 23.4 Å². The number of imidazole rings is 1. The van der Waals surface area contributed by atoms with Crippen LogP contribution in [0.5, 0.6) is 0 Å². The van der Waals surface area contributed by atoms with Crippen LogP contribution in [0.3, 0.4) is 0 Å². The Labute approximate surface area is 146 Å². The first kappa shape index (κ1) is 18.6. The lowest BCUT2D eigenvalue weighted by Gasteiger charge is -2.21. The van der Waals surface area contributed by atoms with Gasteiger partial charge in [0.25, 0.3) is 0 Å². The Hall–Kier alpha value is -2.15. The maximum atomic E-state index is 11.4. The van der Waals surface area contributed by atoms with Crippen molar-refractivity contribution >= 4 is 30.8 Å². The first-order chi connectivity index (χ1) is 12.2. The molecule has 0 radical (unpaired) electrons. The summed E-state index contributed by atoms with van der Waals surface area (Å²) in [6.07, 6.45) is -2.32. The molecule has 1 aliphatic heterocycles. The van der Waals surface area contributed by atoms with Crippen molar-refractivity contribution in [2.24, 2.45) is 0 Å². The van der Waals surface area contributed by atoms with Crippen molar-refractivity contribution in [3.8, 4) is 0 Å². The van der Waals surface area contributed by atoms with E-state index in [4.69, 9.17) is 25.0 Å². The number of phosphoric acid groups is 1. The summed E-state index contributed by atoms with van der Waals surface area (Å²) in [5, 5.41) is 10.4. The third-order valence-corrected chi connectivity index (χ3v) is 4.17. The number of nitrogen functional groups attached to an aromatic ring is 1. The van der Waals surface area contributed by atoms with Crippen molar-refractivity contribution in [2.45, 2.75) is 31.5 Å². The minimum atomic E-state index is -4.77. The van der Waals surface area contributed by atoms with Crippen LogP contribution >= 0.6 is 7.82 Å². The van der Waals surface area contributed by atoms with E-state index in [9.17, 15) is 14.5 Å². The number of hydrogen-bond acceptors (Lipinski definition) is 10. The zero-order chi connectivity index (χ0) is 19.1. The van der Waals surface area contributed by atoms with Crippen LogP contribution in [0.1, 0.15) is 13.2 Å². The predicted molar refractivity (Wildman–Crippen MR) is 83.2 cm³/mol. The molecule has 0 amide bonds. The van der Waals surface area contributed by atoms with Crippen LogP contribution < -0.4 is 5.73 Å². The summed E-state index contributed by atoms with van der Waals surface area (Å²) in [6, 6.07) is 0. The second-order valence-electron chi connectivity index (χ2n) is 5.50. The number of ether oxygens (including phenoxy) is 2. The lowest BCUT2D eigenvalue weighted by atomic mass is 10.1. The lowest BCUT2D eigenvalue weighted by Crippen LogP contribution is -2.36. The number of nitrogens with zero attached hydrogens (tertiary/aromatic N) is 4. The smallest absolute Gasteiger partial charge is 0.455 e. The molecule has 0 saturated carbocycles. The number of rotatable bonds is 5. The Bertz CT molecular complexity index is 868. The summed E-state index contributed by atoms with van der Waals surface area (Å²) >= 11 is 0. The molecule has 3 rings (SSSR count). The number of aromatic nitrogens is 4. The number of carbonyl (C=O) groups excluding carboxylic acids is 1. The van der Waals surface area contributed by atoms with E-state index >= 15 is 0 Å². The van der Waals surface area contributed by atoms with E-state index in [0.717, 1.165) is 6.92 Å². The van der Waals surface area contributed by atoms with E-state index < -0.39 is 44.9 Å². The van der Waals surface area contributed by atoms with Crippen molar-refractivity contribution in [3.05, 3.63) is 12.7 Å². The number of hydrogen-bond donors (Lipinski definition) is 4. The molecule has 3 heterocycles. The number of anilines is 1. The van der Waals surface area contributed by atoms with E-state index in [1.165, 1.54) is 17.2 Å². The molecule has 26 heavy (non-hydrogen) atoms. The molecule has 2 aromatic rings. The van der Waals surface area contributed by atoms with Crippen LogP contribution in [0.25, 0.3) is 11.2 Å². The number of esters is 1. The third kappa shape index (κ3) is 3.67.